The highest BCUT2D eigenvalue weighted by Crippen LogP contribution is 2.31. The molecule has 2 rings (SSSR count). The van der Waals surface area contributed by atoms with Crippen molar-refractivity contribution in [2.24, 2.45) is 0 Å². The summed E-state index contributed by atoms with van der Waals surface area (Å²) in [5.41, 5.74) is 0.542. The van der Waals surface area contributed by atoms with Crippen LogP contribution in [-0.4, -0.2) is 35.6 Å². The maximum atomic E-state index is 12.4. The van der Waals surface area contributed by atoms with Gasteiger partial charge in [-0.05, 0) is 45.4 Å². The average molecular weight is 339 g/mol. The number of benzene rings is 1. The molecule has 24 heavy (non-hydrogen) atoms. The zero-order chi connectivity index (χ0) is 18.1. The third kappa shape index (κ3) is 3.72. The molecular weight excluding hydrogens is 320 g/mol. The Morgan fingerprint density at radius 2 is 2.04 bits per heavy atom. The lowest BCUT2D eigenvalue weighted by atomic mass is 10.1. The van der Waals surface area contributed by atoms with Gasteiger partial charge in [0.2, 0.25) is 0 Å². The number of ether oxygens (including phenoxy) is 2. The summed E-state index contributed by atoms with van der Waals surface area (Å²) in [6, 6.07) is 3.03. The second-order valence-corrected chi connectivity index (χ2v) is 6.35. The minimum atomic E-state index is -2.65. The van der Waals surface area contributed by atoms with Crippen molar-refractivity contribution in [1.29, 1.82) is 0 Å². The first-order valence-corrected chi connectivity index (χ1v) is 7.38. The van der Waals surface area contributed by atoms with Crippen molar-refractivity contribution in [1.82, 2.24) is 4.57 Å². The van der Waals surface area contributed by atoms with Gasteiger partial charge in [0.25, 0.3) is 6.43 Å². The van der Waals surface area contributed by atoms with E-state index in [-0.39, 0.29) is 11.3 Å². The smallest absolute Gasteiger partial charge is 0.419 e. The van der Waals surface area contributed by atoms with Crippen LogP contribution < -0.4 is 4.74 Å². The van der Waals surface area contributed by atoms with E-state index in [1.807, 2.05) is 0 Å². The first-order valence-electron chi connectivity index (χ1n) is 7.38. The summed E-state index contributed by atoms with van der Waals surface area (Å²) < 4.78 is 36.4. The molecular formula is C17H19F2NO4. The maximum Gasteiger partial charge on any atom is 0.419 e. The minimum Gasteiger partial charge on any atom is -0.487 e. The molecule has 0 atom stereocenters. The number of aromatic nitrogens is 1. The zero-order valence-corrected chi connectivity index (χ0v) is 13.9. The van der Waals surface area contributed by atoms with E-state index in [0.29, 0.717) is 22.8 Å². The Bertz CT molecular complexity index is 775. The Hall–Kier alpha value is -2.44. The molecule has 0 N–H and O–H groups in total. The van der Waals surface area contributed by atoms with Crippen molar-refractivity contribution in [3.8, 4) is 5.75 Å². The van der Waals surface area contributed by atoms with Gasteiger partial charge in [-0.3, -0.25) is 9.36 Å². The molecule has 0 aliphatic carbocycles. The quantitative estimate of drug-likeness (QED) is 0.784. The Kier molecular flexibility index (Phi) is 4.91. The van der Waals surface area contributed by atoms with Crippen molar-refractivity contribution in [3.63, 3.8) is 0 Å². The maximum absolute atomic E-state index is 12.4. The Labute approximate surface area is 138 Å². The van der Waals surface area contributed by atoms with Crippen LogP contribution in [0.15, 0.2) is 18.3 Å². The number of aldehydes is 1. The van der Waals surface area contributed by atoms with Gasteiger partial charge in [0.15, 0.2) is 6.29 Å². The topological polar surface area (TPSA) is 57.5 Å². The summed E-state index contributed by atoms with van der Waals surface area (Å²) in [4.78, 5) is 23.7. The molecule has 0 aliphatic heterocycles. The molecule has 0 bridgehead atoms. The number of hydrogen-bond donors (Lipinski definition) is 0. The van der Waals surface area contributed by atoms with Crippen LogP contribution in [0.4, 0.5) is 13.6 Å². The molecule has 7 heteroatoms. The van der Waals surface area contributed by atoms with Crippen LogP contribution >= 0.6 is 0 Å². The summed E-state index contributed by atoms with van der Waals surface area (Å²) in [6.45, 7) is 6.13. The Morgan fingerprint density at radius 1 is 1.38 bits per heavy atom. The van der Waals surface area contributed by atoms with Crippen LogP contribution in [0.5, 0.6) is 5.75 Å². The minimum absolute atomic E-state index is 0.0669. The predicted octanol–water partition coefficient (Wildman–Crippen LogP) is 4.19. The van der Waals surface area contributed by atoms with Gasteiger partial charge in [0, 0.05) is 11.6 Å². The first kappa shape index (κ1) is 17.9. The van der Waals surface area contributed by atoms with E-state index in [0.717, 1.165) is 0 Å². The summed E-state index contributed by atoms with van der Waals surface area (Å²) in [7, 11) is 0. The molecule has 0 amide bonds. The van der Waals surface area contributed by atoms with Crippen LogP contribution in [0.2, 0.25) is 0 Å². The molecule has 5 nitrogen and oxygen atoms in total. The van der Waals surface area contributed by atoms with Crippen LogP contribution in [0, 0.1) is 6.92 Å². The summed E-state index contributed by atoms with van der Waals surface area (Å²) in [5.74, 6) is 0.0669. The second-order valence-electron chi connectivity index (χ2n) is 6.35. The average Bonchev–Trinajstić information content (AvgIpc) is 2.88. The molecule has 0 aliphatic rings. The highest BCUT2D eigenvalue weighted by atomic mass is 19.3. The van der Waals surface area contributed by atoms with E-state index in [1.54, 1.807) is 33.8 Å². The van der Waals surface area contributed by atoms with Crippen LogP contribution in [0.1, 0.15) is 36.7 Å². The number of hydrogen-bond acceptors (Lipinski definition) is 4. The summed E-state index contributed by atoms with van der Waals surface area (Å²) >= 11 is 0. The molecule has 0 unspecified atom stereocenters. The Morgan fingerprint density at radius 3 is 2.58 bits per heavy atom. The van der Waals surface area contributed by atoms with Crippen molar-refractivity contribution in [2.75, 3.05) is 6.61 Å². The molecule has 2 aromatic rings. The third-order valence-electron chi connectivity index (χ3n) is 3.24. The fourth-order valence-corrected chi connectivity index (χ4v) is 2.38. The largest absolute Gasteiger partial charge is 0.487 e. The monoisotopic (exact) mass is 339 g/mol. The molecule has 0 saturated carbocycles. The lowest BCUT2D eigenvalue weighted by Gasteiger charge is -2.20. The number of fused-ring (bicyclic) bond motifs is 1. The molecule has 130 valence electrons. The van der Waals surface area contributed by atoms with E-state index >= 15 is 0 Å². The van der Waals surface area contributed by atoms with Gasteiger partial charge in [0.1, 0.15) is 18.0 Å². The van der Waals surface area contributed by atoms with E-state index in [4.69, 9.17) is 9.47 Å². The van der Waals surface area contributed by atoms with E-state index in [2.05, 4.69) is 0 Å². The van der Waals surface area contributed by atoms with Gasteiger partial charge >= 0.3 is 6.09 Å². The highest BCUT2D eigenvalue weighted by Gasteiger charge is 2.22. The van der Waals surface area contributed by atoms with Gasteiger partial charge in [0.05, 0.1) is 11.1 Å². The Balaban J connectivity index is 2.53. The molecule has 0 fully saturated rings. The van der Waals surface area contributed by atoms with Crippen LogP contribution in [-0.2, 0) is 4.74 Å². The fraction of sp³-hybridized carbons (Fsp3) is 0.412. The molecule has 1 aromatic heterocycles. The summed E-state index contributed by atoms with van der Waals surface area (Å²) in [5, 5.41) is 0.445. The van der Waals surface area contributed by atoms with Gasteiger partial charge in [-0.25, -0.2) is 13.6 Å². The lowest BCUT2D eigenvalue weighted by Crippen LogP contribution is -2.26. The van der Waals surface area contributed by atoms with E-state index in [1.165, 1.54) is 16.8 Å². The van der Waals surface area contributed by atoms with Crippen molar-refractivity contribution >= 4 is 23.3 Å². The molecule has 0 radical (unpaired) electrons. The van der Waals surface area contributed by atoms with Gasteiger partial charge in [-0.1, -0.05) is 0 Å². The number of halogens is 2. The number of alkyl halides is 2. The van der Waals surface area contributed by atoms with E-state index in [9.17, 15) is 18.4 Å². The van der Waals surface area contributed by atoms with Gasteiger partial charge < -0.3 is 9.47 Å². The number of carbonyl (C=O) groups excluding carboxylic acids is 2. The van der Waals surface area contributed by atoms with Crippen LogP contribution in [0.25, 0.3) is 10.9 Å². The molecule has 0 spiro atoms. The SMILES string of the molecule is Cc1cc(OCC(F)F)c(C=O)c2ccn(C(=O)OC(C)(C)C)c12. The van der Waals surface area contributed by atoms with Crippen molar-refractivity contribution in [2.45, 2.75) is 39.7 Å². The van der Waals surface area contributed by atoms with Gasteiger partial charge in [-0.2, -0.15) is 0 Å². The third-order valence-corrected chi connectivity index (χ3v) is 3.24. The standard InChI is InChI=1S/C17H19F2NO4/c1-10-7-13(23-9-14(18)19)12(8-21)11-5-6-20(15(10)11)16(22)24-17(2,3)4/h5-8,14H,9H2,1-4H3. The normalized spacial score (nSPS) is 11.8. The number of nitrogens with zero attached hydrogens (tertiary/aromatic N) is 1. The van der Waals surface area contributed by atoms with Gasteiger partial charge in [-0.15, -0.1) is 0 Å². The molecule has 0 saturated heterocycles. The zero-order valence-electron chi connectivity index (χ0n) is 13.9. The van der Waals surface area contributed by atoms with E-state index < -0.39 is 24.7 Å². The molecule has 1 heterocycles. The number of rotatable bonds is 4. The van der Waals surface area contributed by atoms with Crippen molar-refractivity contribution in [3.05, 3.63) is 29.5 Å². The second kappa shape index (κ2) is 6.59. The predicted molar refractivity (Wildman–Crippen MR) is 85.2 cm³/mol. The highest BCUT2D eigenvalue weighted by molar-refractivity contribution is 6.03. The summed E-state index contributed by atoms with van der Waals surface area (Å²) in [6.07, 6.45) is -1.22. The lowest BCUT2D eigenvalue weighted by molar-refractivity contribution is 0.0544. The fourth-order valence-electron chi connectivity index (χ4n) is 2.38. The molecule has 1 aromatic carbocycles. The number of aryl methyl sites for hydroxylation is 1. The van der Waals surface area contributed by atoms with Crippen molar-refractivity contribution < 1.29 is 27.8 Å². The first-order chi connectivity index (χ1) is 11.1. The van der Waals surface area contributed by atoms with Crippen LogP contribution in [0.3, 0.4) is 0 Å². The number of carbonyl (C=O) groups is 2.